The molecule has 0 saturated carbocycles. The van der Waals surface area contributed by atoms with E-state index in [1.54, 1.807) is 6.20 Å². The Morgan fingerprint density at radius 2 is 2.11 bits per heavy atom. The number of benzene rings is 1. The number of carbonyl (C=O) groups excluding carboxylic acids is 1. The van der Waals surface area contributed by atoms with Gasteiger partial charge in [0.2, 0.25) is 0 Å². The van der Waals surface area contributed by atoms with E-state index in [9.17, 15) is 4.79 Å². The first kappa shape index (κ1) is 14.0. The highest BCUT2D eigenvalue weighted by Gasteiger charge is 2.08. The second-order valence-electron chi connectivity index (χ2n) is 4.10. The molecule has 0 aliphatic rings. The maximum atomic E-state index is 11.9. The molecule has 2 aromatic rings. The molecule has 0 aliphatic heterocycles. The lowest BCUT2D eigenvalue weighted by atomic mass is 10.1. The van der Waals surface area contributed by atoms with Gasteiger partial charge in [-0.3, -0.25) is 4.79 Å². The zero-order chi connectivity index (χ0) is 13.7. The zero-order valence-electron chi connectivity index (χ0n) is 10.6. The van der Waals surface area contributed by atoms with Crippen LogP contribution in [0.5, 0.6) is 0 Å². The summed E-state index contributed by atoms with van der Waals surface area (Å²) in [6, 6.07) is 7.65. The summed E-state index contributed by atoms with van der Waals surface area (Å²) in [5.74, 6) is -0.0498. The highest BCUT2D eigenvalue weighted by Crippen LogP contribution is 2.13. The highest BCUT2D eigenvalue weighted by molar-refractivity contribution is 7.13. The van der Waals surface area contributed by atoms with Gasteiger partial charge in [0, 0.05) is 11.6 Å². The van der Waals surface area contributed by atoms with E-state index in [1.165, 1.54) is 11.3 Å². The number of carbonyl (C=O) groups is 1. The predicted octanol–water partition coefficient (Wildman–Crippen LogP) is 3.33. The summed E-state index contributed by atoms with van der Waals surface area (Å²) in [7, 11) is 0. The third-order valence-electron chi connectivity index (χ3n) is 2.69. The van der Waals surface area contributed by atoms with Gasteiger partial charge in [-0.15, -0.1) is 11.3 Å². The van der Waals surface area contributed by atoms with Crippen molar-refractivity contribution in [3.8, 4) is 0 Å². The van der Waals surface area contributed by atoms with Gasteiger partial charge in [-0.05, 0) is 30.5 Å². The number of aromatic nitrogens is 1. The van der Waals surface area contributed by atoms with Crippen LogP contribution < -0.4 is 5.32 Å². The number of hydrogen-bond donors (Lipinski definition) is 1. The van der Waals surface area contributed by atoms with E-state index in [-0.39, 0.29) is 5.91 Å². The Kier molecular flexibility index (Phi) is 4.93. The molecule has 0 saturated heterocycles. The number of amides is 1. The van der Waals surface area contributed by atoms with Crippen LogP contribution in [0.25, 0.3) is 0 Å². The van der Waals surface area contributed by atoms with Crippen LogP contribution in [0.4, 0.5) is 0 Å². The number of aryl methyl sites for hydroxylation is 1. The van der Waals surface area contributed by atoms with Gasteiger partial charge in [0.25, 0.3) is 5.91 Å². The van der Waals surface area contributed by atoms with Crippen molar-refractivity contribution in [2.75, 3.05) is 6.54 Å². The second-order valence-corrected chi connectivity index (χ2v) is 5.66. The quantitative estimate of drug-likeness (QED) is 0.919. The summed E-state index contributed by atoms with van der Waals surface area (Å²) in [6.45, 7) is 2.64. The minimum absolute atomic E-state index is 0.0498. The van der Waals surface area contributed by atoms with Crippen molar-refractivity contribution in [2.24, 2.45) is 0 Å². The summed E-state index contributed by atoms with van der Waals surface area (Å²) in [6.07, 6.45) is 3.30. The van der Waals surface area contributed by atoms with Crippen LogP contribution in [0.3, 0.4) is 0 Å². The Morgan fingerprint density at radius 1 is 1.37 bits per heavy atom. The van der Waals surface area contributed by atoms with Gasteiger partial charge in [-0.1, -0.05) is 30.7 Å². The summed E-state index contributed by atoms with van der Waals surface area (Å²) in [5, 5.41) is 4.61. The summed E-state index contributed by atoms with van der Waals surface area (Å²) < 4.78 is 0. The SMILES string of the molecule is CCc1ncc(C(=O)NCCc2ccc(Cl)cc2)s1. The molecule has 0 spiro atoms. The number of nitrogens with one attached hydrogen (secondary N) is 1. The highest BCUT2D eigenvalue weighted by atomic mass is 35.5. The van der Waals surface area contributed by atoms with Gasteiger partial charge < -0.3 is 5.32 Å². The molecule has 1 N–H and O–H groups in total. The number of rotatable bonds is 5. The van der Waals surface area contributed by atoms with Crippen molar-refractivity contribution in [1.29, 1.82) is 0 Å². The minimum Gasteiger partial charge on any atom is -0.351 e. The molecule has 1 amide bonds. The van der Waals surface area contributed by atoms with E-state index in [2.05, 4.69) is 10.3 Å². The summed E-state index contributed by atoms with van der Waals surface area (Å²) in [5.41, 5.74) is 1.16. The molecular weight excluding hydrogens is 280 g/mol. The second kappa shape index (κ2) is 6.68. The first-order valence-electron chi connectivity index (χ1n) is 6.16. The number of thiazole rings is 1. The van der Waals surface area contributed by atoms with Crippen LogP contribution in [-0.4, -0.2) is 17.4 Å². The summed E-state index contributed by atoms with van der Waals surface area (Å²) >= 11 is 7.27. The molecule has 3 nitrogen and oxygen atoms in total. The average Bonchev–Trinajstić information content (AvgIpc) is 2.90. The Labute approximate surface area is 121 Å². The molecule has 1 aromatic carbocycles. The third kappa shape index (κ3) is 4.04. The smallest absolute Gasteiger partial charge is 0.263 e. The van der Waals surface area contributed by atoms with Gasteiger partial charge in [-0.25, -0.2) is 4.98 Å². The molecule has 0 aliphatic carbocycles. The number of hydrogen-bond acceptors (Lipinski definition) is 3. The van der Waals surface area contributed by atoms with Crippen LogP contribution in [0, 0.1) is 0 Å². The molecule has 0 bridgehead atoms. The van der Waals surface area contributed by atoms with E-state index >= 15 is 0 Å². The van der Waals surface area contributed by atoms with E-state index < -0.39 is 0 Å². The Bertz CT molecular complexity index is 551. The maximum absolute atomic E-state index is 11.9. The van der Waals surface area contributed by atoms with E-state index in [1.807, 2.05) is 31.2 Å². The fourth-order valence-corrected chi connectivity index (χ4v) is 2.54. The molecule has 1 heterocycles. The molecule has 19 heavy (non-hydrogen) atoms. The van der Waals surface area contributed by atoms with Crippen molar-refractivity contribution in [3.63, 3.8) is 0 Å². The lowest BCUT2D eigenvalue weighted by Gasteiger charge is -2.03. The van der Waals surface area contributed by atoms with Gasteiger partial charge in [-0.2, -0.15) is 0 Å². The largest absolute Gasteiger partial charge is 0.351 e. The van der Waals surface area contributed by atoms with Crippen LogP contribution in [0.2, 0.25) is 5.02 Å². The monoisotopic (exact) mass is 294 g/mol. The number of halogens is 1. The first-order valence-corrected chi connectivity index (χ1v) is 7.36. The number of nitrogens with zero attached hydrogens (tertiary/aromatic N) is 1. The molecule has 0 unspecified atom stereocenters. The fourth-order valence-electron chi connectivity index (χ4n) is 1.64. The summed E-state index contributed by atoms with van der Waals surface area (Å²) in [4.78, 5) is 16.7. The third-order valence-corrected chi connectivity index (χ3v) is 4.08. The van der Waals surface area contributed by atoms with Crippen LogP contribution >= 0.6 is 22.9 Å². The molecule has 0 atom stereocenters. The topological polar surface area (TPSA) is 42.0 Å². The molecule has 5 heteroatoms. The average molecular weight is 295 g/mol. The van der Waals surface area contributed by atoms with Crippen molar-refractivity contribution < 1.29 is 4.79 Å². The molecular formula is C14H15ClN2OS. The van der Waals surface area contributed by atoms with E-state index in [0.717, 1.165) is 28.4 Å². The van der Waals surface area contributed by atoms with Crippen LogP contribution in [-0.2, 0) is 12.8 Å². The fraction of sp³-hybridized carbons (Fsp3) is 0.286. The molecule has 1 aromatic heterocycles. The van der Waals surface area contributed by atoms with Crippen molar-refractivity contribution >= 4 is 28.8 Å². The van der Waals surface area contributed by atoms with Crippen molar-refractivity contribution in [3.05, 3.63) is 50.9 Å². The Hall–Kier alpha value is -1.39. The van der Waals surface area contributed by atoms with Gasteiger partial charge in [0.15, 0.2) is 0 Å². The zero-order valence-corrected chi connectivity index (χ0v) is 12.2. The normalized spacial score (nSPS) is 10.4. The van der Waals surface area contributed by atoms with Gasteiger partial charge >= 0.3 is 0 Å². The van der Waals surface area contributed by atoms with Crippen LogP contribution in [0.15, 0.2) is 30.5 Å². The first-order chi connectivity index (χ1) is 9.19. The van der Waals surface area contributed by atoms with Gasteiger partial charge in [0.1, 0.15) is 4.88 Å². The Morgan fingerprint density at radius 3 is 2.74 bits per heavy atom. The predicted molar refractivity (Wildman–Crippen MR) is 79.0 cm³/mol. The lowest BCUT2D eigenvalue weighted by Crippen LogP contribution is -2.24. The maximum Gasteiger partial charge on any atom is 0.263 e. The lowest BCUT2D eigenvalue weighted by molar-refractivity contribution is 0.0958. The molecule has 0 radical (unpaired) electrons. The molecule has 2 rings (SSSR count). The van der Waals surface area contributed by atoms with E-state index in [0.29, 0.717) is 11.4 Å². The minimum atomic E-state index is -0.0498. The van der Waals surface area contributed by atoms with Crippen molar-refractivity contribution in [1.82, 2.24) is 10.3 Å². The standard InChI is InChI=1S/C14H15ClN2OS/c1-2-13-17-9-12(19-13)14(18)16-8-7-10-3-5-11(15)6-4-10/h3-6,9H,2,7-8H2,1H3,(H,16,18). The van der Waals surface area contributed by atoms with E-state index in [4.69, 9.17) is 11.6 Å². The molecule has 0 fully saturated rings. The molecule has 100 valence electrons. The Balaban J connectivity index is 1.82. The van der Waals surface area contributed by atoms with Crippen molar-refractivity contribution in [2.45, 2.75) is 19.8 Å². The van der Waals surface area contributed by atoms with Gasteiger partial charge in [0.05, 0.1) is 11.2 Å². The van der Waals surface area contributed by atoms with Crippen LogP contribution in [0.1, 0.15) is 27.2 Å².